The number of phenols is 3. The van der Waals surface area contributed by atoms with E-state index in [0.717, 1.165) is 0 Å². The third kappa shape index (κ3) is 4.95. The predicted molar refractivity (Wildman–Crippen MR) is 126 cm³/mol. The Kier molecular flexibility index (Phi) is 8.00. The minimum atomic E-state index is -1.53. The van der Waals surface area contributed by atoms with Crippen molar-refractivity contribution in [2.75, 3.05) is 20.3 Å². The van der Waals surface area contributed by atoms with Crippen LogP contribution >= 0.6 is 0 Å². The van der Waals surface area contributed by atoms with E-state index in [9.17, 15) is 30.3 Å². The summed E-state index contributed by atoms with van der Waals surface area (Å²) in [7, 11) is 1.45. The number of carbonyl (C=O) groups excluding carboxylic acids is 1. The standard InChI is InChI=1S/C25H29NO9/c1-4-14-15(8-16-20(34-3)7-13-5-6-26-9-17(13)24(16)32)22(30)12(2)23(31)21(14)25(33)35-11-19(29)18(28)10-27/h5-7,9,18-19,27-32H,4,8,10-11H2,1-3H3/t18-,19+/m1/s1. The Morgan fingerprint density at radius 1 is 1.06 bits per heavy atom. The Morgan fingerprint density at radius 2 is 1.77 bits per heavy atom. The van der Waals surface area contributed by atoms with Crippen LogP contribution in [0.4, 0.5) is 0 Å². The van der Waals surface area contributed by atoms with Crippen molar-refractivity contribution in [3.63, 3.8) is 0 Å². The number of aromatic nitrogens is 1. The topological polar surface area (TPSA) is 170 Å². The fourth-order valence-electron chi connectivity index (χ4n) is 4.00. The van der Waals surface area contributed by atoms with Crippen LogP contribution in [-0.2, 0) is 17.6 Å². The lowest BCUT2D eigenvalue weighted by Crippen LogP contribution is -2.34. The monoisotopic (exact) mass is 487 g/mol. The van der Waals surface area contributed by atoms with Gasteiger partial charge in [-0.25, -0.2) is 4.79 Å². The molecular formula is C25H29NO9. The molecule has 0 saturated heterocycles. The Bertz CT molecular complexity index is 1240. The van der Waals surface area contributed by atoms with Gasteiger partial charge in [-0.15, -0.1) is 0 Å². The van der Waals surface area contributed by atoms with E-state index in [1.165, 1.54) is 20.2 Å². The normalized spacial score (nSPS) is 13.0. The van der Waals surface area contributed by atoms with Crippen LogP contribution < -0.4 is 4.74 Å². The van der Waals surface area contributed by atoms with Crippen LogP contribution in [0.1, 0.15) is 39.5 Å². The minimum Gasteiger partial charge on any atom is -0.507 e. The number of hydrogen-bond donors (Lipinski definition) is 6. The number of aliphatic hydroxyl groups excluding tert-OH is 3. The van der Waals surface area contributed by atoms with E-state index in [2.05, 4.69) is 4.98 Å². The number of carbonyl (C=O) groups is 1. The maximum atomic E-state index is 12.9. The van der Waals surface area contributed by atoms with Gasteiger partial charge in [0.15, 0.2) is 0 Å². The summed E-state index contributed by atoms with van der Waals surface area (Å²) in [4.78, 5) is 16.9. The Balaban J connectivity index is 2.11. The zero-order valence-corrected chi connectivity index (χ0v) is 19.6. The van der Waals surface area contributed by atoms with E-state index in [1.807, 2.05) is 0 Å². The first-order valence-corrected chi connectivity index (χ1v) is 11.0. The van der Waals surface area contributed by atoms with Gasteiger partial charge in [0.1, 0.15) is 47.4 Å². The number of nitrogens with zero attached hydrogens (tertiary/aromatic N) is 1. The summed E-state index contributed by atoms with van der Waals surface area (Å²) in [6.45, 7) is 1.80. The van der Waals surface area contributed by atoms with Gasteiger partial charge in [-0.1, -0.05) is 6.92 Å². The van der Waals surface area contributed by atoms with Crippen LogP contribution in [0, 0.1) is 6.92 Å². The molecule has 0 fully saturated rings. The second kappa shape index (κ2) is 10.8. The van der Waals surface area contributed by atoms with Crippen LogP contribution in [0.3, 0.4) is 0 Å². The summed E-state index contributed by atoms with van der Waals surface area (Å²) >= 11 is 0. The molecule has 1 heterocycles. The largest absolute Gasteiger partial charge is 0.507 e. The van der Waals surface area contributed by atoms with Crippen LogP contribution in [0.15, 0.2) is 24.5 Å². The lowest BCUT2D eigenvalue weighted by atomic mass is 9.89. The summed E-state index contributed by atoms with van der Waals surface area (Å²) in [5, 5.41) is 62.0. The highest BCUT2D eigenvalue weighted by Gasteiger charge is 2.28. The van der Waals surface area contributed by atoms with Crippen molar-refractivity contribution in [2.24, 2.45) is 0 Å². The first-order chi connectivity index (χ1) is 16.7. The molecule has 10 heteroatoms. The number of esters is 1. The van der Waals surface area contributed by atoms with Crippen molar-refractivity contribution in [1.82, 2.24) is 4.98 Å². The van der Waals surface area contributed by atoms with Crippen molar-refractivity contribution in [2.45, 2.75) is 38.9 Å². The highest BCUT2D eigenvalue weighted by Crippen LogP contribution is 2.43. The second-order valence-corrected chi connectivity index (χ2v) is 8.10. The molecule has 0 aliphatic rings. The Labute approximate surface area is 201 Å². The molecular weight excluding hydrogens is 458 g/mol. The average molecular weight is 488 g/mol. The highest BCUT2D eigenvalue weighted by atomic mass is 16.5. The fraction of sp³-hybridized carbons (Fsp3) is 0.360. The van der Waals surface area contributed by atoms with Crippen LogP contribution in [-0.4, -0.2) is 74.1 Å². The summed E-state index contributed by atoms with van der Waals surface area (Å²) in [5.41, 5.74) is 0.734. The molecule has 10 nitrogen and oxygen atoms in total. The van der Waals surface area contributed by atoms with Crippen LogP contribution in [0.2, 0.25) is 0 Å². The van der Waals surface area contributed by atoms with Gasteiger partial charge in [-0.05, 0) is 36.4 Å². The number of aliphatic hydroxyl groups is 3. The number of rotatable bonds is 9. The molecule has 0 bridgehead atoms. The van der Waals surface area contributed by atoms with E-state index in [-0.39, 0.29) is 46.6 Å². The van der Waals surface area contributed by atoms with Crippen molar-refractivity contribution in [3.8, 4) is 23.0 Å². The molecule has 2 atom stereocenters. The summed E-state index contributed by atoms with van der Waals surface area (Å²) in [6, 6.07) is 3.45. The lowest BCUT2D eigenvalue weighted by molar-refractivity contribution is -0.0468. The Morgan fingerprint density at radius 3 is 2.40 bits per heavy atom. The van der Waals surface area contributed by atoms with Crippen LogP contribution in [0.5, 0.6) is 23.0 Å². The smallest absolute Gasteiger partial charge is 0.342 e. The highest BCUT2D eigenvalue weighted by molar-refractivity contribution is 5.96. The number of ether oxygens (including phenoxy) is 2. The molecule has 0 amide bonds. The quantitative estimate of drug-likeness (QED) is 0.244. The van der Waals surface area contributed by atoms with Gasteiger partial charge in [0, 0.05) is 40.9 Å². The van der Waals surface area contributed by atoms with Gasteiger partial charge in [0.2, 0.25) is 0 Å². The molecule has 188 valence electrons. The molecule has 1 aromatic heterocycles. The zero-order valence-electron chi connectivity index (χ0n) is 19.6. The van der Waals surface area contributed by atoms with E-state index in [0.29, 0.717) is 22.1 Å². The van der Waals surface area contributed by atoms with Gasteiger partial charge >= 0.3 is 5.97 Å². The molecule has 0 unspecified atom stereocenters. The molecule has 3 aromatic rings. The first-order valence-electron chi connectivity index (χ1n) is 11.0. The van der Waals surface area contributed by atoms with E-state index in [4.69, 9.17) is 14.6 Å². The number of phenolic OH excluding ortho intramolecular Hbond substituents is 3. The fourth-order valence-corrected chi connectivity index (χ4v) is 4.00. The average Bonchev–Trinajstić information content (AvgIpc) is 2.87. The molecule has 2 aromatic carbocycles. The maximum absolute atomic E-state index is 12.9. The SMILES string of the molecule is CCc1c(Cc2c(OC)cc3ccncc3c2O)c(O)c(C)c(O)c1C(=O)OC[C@H](O)[C@H](O)CO. The molecule has 0 spiro atoms. The Hall–Kier alpha value is -3.60. The first kappa shape index (κ1) is 26.0. The van der Waals surface area contributed by atoms with Gasteiger partial charge in [0.05, 0.1) is 13.7 Å². The molecule has 3 rings (SSSR count). The molecule has 6 N–H and O–H groups in total. The summed E-state index contributed by atoms with van der Waals surface area (Å²) in [5.74, 6) is -1.45. The minimum absolute atomic E-state index is 0.0287. The van der Waals surface area contributed by atoms with E-state index >= 15 is 0 Å². The summed E-state index contributed by atoms with van der Waals surface area (Å²) < 4.78 is 10.6. The molecule has 0 saturated carbocycles. The van der Waals surface area contributed by atoms with Gasteiger partial charge < -0.3 is 40.1 Å². The number of fused-ring (bicyclic) bond motifs is 1. The third-order valence-electron chi connectivity index (χ3n) is 6.03. The van der Waals surface area contributed by atoms with E-state index in [1.54, 1.807) is 25.3 Å². The van der Waals surface area contributed by atoms with Crippen molar-refractivity contribution in [1.29, 1.82) is 0 Å². The molecule has 0 aliphatic carbocycles. The summed E-state index contributed by atoms with van der Waals surface area (Å²) in [6.07, 6.45) is 0.229. The van der Waals surface area contributed by atoms with Crippen molar-refractivity contribution < 1.29 is 44.9 Å². The predicted octanol–water partition coefficient (Wildman–Crippen LogP) is 1.69. The number of pyridine rings is 1. The lowest BCUT2D eigenvalue weighted by Gasteiger charge is -2.21. The van der Waals surface area contributed by atoms with E-state index < -0.39 is 37.1 Å². The number of hydrogen-bond acceptors (Lipinski definition) is 10. The molecule has 0 radical (unpaired) electrons. The molecule has 0 aliphatic heterocycles. The van der Waals surface area contributed by atoms with Crippen molar-refractivity contribution >= 4 is 16.7 Å². The number of methoxy groups -OCH3 is 1. The van der Waals surface area contributed by atoms with Gasteiger partial charge in [-0.3, -0.25) is 4.98 Å². The van der Waals surface area contributed by atoms with Crippen molar-refractivity contribution in [3.05, 3.63) is 52.3 Å². The van der Waals surface area contributed by atoms with Gasteiger partial charge in [-0.2, -0.15) is 0 Å². The number of aromatic hydroxyl groups is 3. The third-order valence-corrected chi connectivity index (χ3v) is 6.03. The van der Waals surface area contributed by atoms with Crippen LogP contribution in [0.25, 0.3) is 10.8 Å². The van der Waals surface area contributed by atoms with Gasteiger partial charge in [0.25, 0.3) is 0 Å². The zero-order chi connectivity index (χ0) is 25.9. The maximum Gasteiger partial charge on any atom is 0.342 e. The second-order valence-electron chi connectivity index (χ2n) is 8.10. The molecule has 35 heavy (non-hydrogen) atoms. The number of benzene rings is 2.